The molecule has 7 heteroatoms. The molecule has 2 aromatic heterocycles. The molecule has 0 bridgehead atoms. The summed E-state index contributed by atoms with van der Waals surface area (Å²) >= 11 is 0. The van der Waals surface area contributed by atoms with Crippen LogP contribution >= 0.6 is 0 Å². The molecule has 1 aliphatic heterocycles. The van der Waals surface area contributed by atoms with Gasteiger partial charge in [0.05, 0.1) is 0 Å². The van der Waals surface area contributed by atoms with Crippen molar-refractivity contribution in [2.75, 3.05) is 11.4 Å². The van der Waals surface area contributed by atoms with E-state index in [1.54, 1.807) is 7.05 Å². The van der Waals surface area contributed by atoms with Crippen molar-refractivity contribution in [2.45, 2.75) is 66.0 Å². The fraction of sp³-hybridized carbons (Fsp3) is 0.542. The monoisotopic (exact) mass is 423 g/mol. The second kappa shape index (κ2) is 8.73. The van der Waals surface area contributed by atoms with Gasteiger partial charge in [-0.15, -0.1) is 0 Å². The molecule has 4 rings (SSSR count). The number of aryl methyl sites for hydroxylation is 2. The van der Waals surface area contributed by atoms with E-state index >= 15 is 0 Å². The minimum atomic E-state index is -0.281. The summed E-state index contributed by atoms with van der Waals surface area (Å²) in [5.74, 6) is 1.10. The van der Waals surface area contributed by atoms with E-state index in [1.165, 1.54) is 14.7 Å². The lowest BCUT2D eigenvalue weighted by Gasteiger charge is -2.33. The predicted octanol–water partition coefficient (Wildman–Crippen LogP) is 3.83. The summed E-state index contributed by atoms with van der Waals surface area (Å²) in [6, 6.07) is 8.51. The van der Waals surface area contributed by atoms with Crippen molar-refractivity contribution in [3.63, 3.8) is 0 Å². The van der Waals surface area contributed by atoms with Gasteiger partial charge in [-0.25, -0.2) is 4.79 Å². The SMILES string of the molecule is CCCCCCn1c(=O)c2c(nc3n2CC(C)CN3c2ccc(CC)cc2)n(C)c1=O. The van der Waals surface area contributed by atoms with E-state index in [9.17, 15) is 9.59 Å². The fourth-order valence-corrected chi connectivity index (χ4v) is 4.53. The topological polar surface area (TPSA) is 65.1 Å². The molecule has 0 aliphatic carbocycles. The van der Waals surface area contributed by atoms with E-state index in [2.05, 4.69) is 49.9 Å². The Bertz CT molecular complexity index is 1190. The highest BCUT2D eigenvalue weighted by molar-refractivity contribution is 5.77. The Labute approximate surface area is 182 Å². The van der Waals surface area contributed by atoms with Crippen LogP contribution in [0.15, 0.2) is 33.9 Å². The highest BCUT2D eigenvalue weighted by Crippen LogP contribution is 2.32. The summed E-state index contributed by atoms with van der Waals surface area (Å²) in [7, 11) is 1.72. The summed E-state index contributed by atoms with van der Waals surface area (Å²) in [6.45, 7) is 8.49. The molecule has 166 valence electrons. The molecular weight excluding hydrogens is 390 g/mol. The van der Waals surface area contributed by atoms with Crippen molar-refractivity contribution in [1.82, 2.24) is 18.7 Å². The van der Waals surface area contributed by atoms with Crippen LogP contribution in [0, 0.1) is 5.92 Å². The molecule has 1 atom stereocenters. The average Bonchev–Trinajstić information content (AvgIpc) is 3.16. The zero-order chi connectivity index (χ0) is 22.1. The summed E-state index contributed by atoms with van der Waals surface area (Å²) in [5.41, 5.74) is 2.86. The molecule has 3 aromatic rings. The van der Waals surface area contributed by atoms with Crippen molar-refractivity contribution in [3.8, 4) is 0 Å². The van der Waals surface area contributed by atoms with Crippen LogP contribution in [0.5, 0.6) is 0 Å². The van der Waals surface area contributed by atoms with E-state index in [0.29, 0.717) is 23.6 Å². The number of unbranched alkanes of at least 4 members (excludes halogenated alkanes) is 3. The van der Waals surface area contributed by atoms with Crippen molar-refractivity contribution in [1.29, 1.82) is 0 Å². The molecular formula is C24H33N5O2. The van der Waals surface area contributed by atoms with Crippen molar-refractivity contribution in [2.24, 2.45) is 13.0 Å². The molecule has 0 fully saturated rings. The molecule has 1 unspecified atom stereocenters. The molecule has 3 heterocycles. The highest BCUT2D eigenvalue weighted by Gasteiger charge is 2.29. The molecule has 0 saturated carbocycles. The maximum absolute atomic E-state index is 13.4. The van der Waals surface area contributed by atoms with Crippen LogP contribution in [-0.4, -0.2) is 25.2 Å². The van der Waals surface area contributed by atoms with Gasteiger partial charge in [-0.2, -0.15) is 4.98 Å². The Morgan fingerprint density at radius 1 is 1.03 bits per heavy atom. The van der Waals surface area contributed by atoms with Gasteiger partial charge in [-0.05, 0) is 36.5 Å². The van der Waals surface area contributed by atoms with Gasteiger partial charge >= 0.3 is 5.69 Å². The molecule has 0 N–H and O–H groups in total. The van der Waals surface area contributed by atoms with Gasteiger partial charge in [0.2, 0.25) is 5.95 Å². The number of aromatic nitrogens is 4. The van der Waals surface area contributed by atoms with E-state index < -0.39 is 0 Å². The quantitative estimate of drug-likeness (QED) is 0.542. The third kappa shape index (κ3) is 3.82. The summed E-state index contributed by atoms with van der Waals surface area (Å²) in [6.07, 6.45) is 5.09. The number of benzene rings is 1. The van der Waals surface area contributed by atoms with Gasteiger partial charge in [-0.3, -0.25) is 13.9 Å². The average molecular weight is 424 g/mol. The molecule has 7 nitrogen and oxygen atoms in total. The predicted molar refractivity (Wildman–Crippen MR) is 125 cm³/mol. The molecule has 0 amide bonds. The van der Waals surface area contributed by atoms with E-state index in [-0.39, 0.29) is 11.2 Å². The third-order valence-corrected chi connectivity index (χ3v) is 6.33. The van der Waals surface area contributed by atoms with Gasteiger partial charge in [0, 0.05) is 32.4 Å². The molecule has 0 spiro atoms. The first-order valence-corrected chi connectivity index (χ1v) is 11.5. The lowest BCUT2D eigenvalue weighted by molar-refractivity contribution is 0.457. The van der Waals surface area contributed by atoms with Crippen molar-refractivity contribution in [3.05, 3.63) is 50.7 Å². The third-order valence-electron chi connectivity index (χ3n) is 6.33. The minimum absolute atomic E-state index is 0.219. The van der Waals surface area contributed by atoms with E-state index in [1.807, 2.05) is 4.57 Å². The Hall–Kier alpha value is -2.83. The lowest BCUT2D eigenvalue weighted by atomic mass is 10.1. The number of imidazole rings is 1. The van der Waals surface area contributed by atoms with Gasteiger partial charge in [0.1, 0.15) is 0 Å². The Kier molecular flexibility index (Phi) is 6.03. The van der Waals surface area contributed by atoms with Crippen LogP contribution in [0.2, 0.25) is 0 Å². The number of nitrogens with zero attached hydrogens (tertiary/aromatic N) is 5. The van der Waals surface area contributed by atoms with Gasteiger partial charge in [0.25, 0.3) is 5.56 Å². The first-order valence-electron chi connectivity index (χ1n) is 11.5. The van der Waals surface area contributed by atoms with Gasteiger partial charge in [0.15, 0.2) is 11.2 Å². The van der Waals surface area contributed by atoms with Crippen molar-refractivity contribution < 1.29 is 0 Å². The first-order chi connectivity index (χ1) is 15.0. The summed E-state index contributed by atoms with van der Waals surface area (Å²) in [5, 5.41) is 0. The number of hydrogen-bond acceptors (Lipinski definition) is 4. The smallest absolute Gasteiger partial charge is 0.312 e. The van der Waals surface area contributed by atoms with Crippen LogP contribution < -0.4 is 16.1 Å². The molecule has 1 aliphatic rings. The normalized spacial score (nSPS) is 16.1. The van der Waals surface area contributed by atoms with Crippen LogP contribution in [0.3, 0.4) is 0 Å². The zero-order valence-corrected chi connectivity index (χ0v) is 19.1. The Morgan fingerprint density at radius 2 is 1.77 bits per heavy atom. The number of rotatable bonds is 7. The van der Waals surface area contributed by atoms with Gasteiger partial charge < -0.3 is 9.47 Å². The van der Waals surface area contributed by atoms with Crippen LogP contribution in [0.25, 0.3) is 11.2 Å². The van der Waals surface area contributed by atoms with Gasteiger partial charge in [-0.1, -0.05) is 52.2 Å². The second-order valence-corrected chi connectivity index (χ2v) is 8.79. The number of anilines is 2. The van der Waals surface area contributed by atoms with E-state index in [4.69, 9.17) is 4.98 Å². The number of fused-ring (bicyclic) bond motifs is 3. The minimum Gasteiger partial charge on any atom is -0.312 e. The Morgan fingerprint density at radius 3 is 2.45 bits per heavy atom. The van der Waals surface area contributed by atoms with Crippen LogP contribution in [0.1, 0.15) is 52.0 Å². The molecule has 31 heavy (non-hydrogen) atoms. The molecule has 0 saturated heterocycles. The van der Waals surface area contributed by atoms with Crippen molar-refractivity contribution >= 4 is 22.8 Å². The highest BCUT2D eigenvalue weighted by atomic mass is 16.2. The number of hydrogen-bond donors (Lipinski definition) is 0. The molecule has 1 aromatic carbocycles. The fourth-order valence-electron chi connectivity index (χ4n) is 4.53. The lowest BCUT2D eigenvalue weighted by Crippen LogP contribution is -2.40. The first kappa shape index (κ1) is 21.4. The summed E-state index contributed by atoms with van der Waals surface area (Å²) < 4.78 is 4.94. The molecule has 0 radical (unpaired) electrons. The largest absolute Gasteiger partial charge is 0.332 e. The second-order valence-electron chi connectivity index (χ2n) is 8.79. The maximum atomic E-state index is 13.4. The summed E-state index contributed by atoms with van der Waals surface area (Å²) in [4.78, 5) is 33.3. The zero-order valence-electron chi connectivity index (χ0n) is 19.1. The standard InChI is InChI=1S/C24H33N5O2/c1-5-7-8-9-14-27-22(30)20-21(26(4)24(27)31)25-23-28(15-17(3)16-29(20)23)19-12-10-18(6-2)11-13-19/h10-13,17H,5-9,14-16H2,1-4H3. The maximum Gasteiger partial charge on any atom is 0.332 e. The van der Waals surface area contributed by atoms with Crippen LogP contribution in [0.4, 0.5) is 11.6 Å². The van der Waals surface area contributed by atoms with E-state index in [0.717, 1.165) is 56.8 Å². The van der Waals surface area contributed by atoms with Crippen LogP contribution in [-0.2, 0) is 26.6 Å². The Balaban J connectivity index is 1.83.